The molecule has 1 aliphatic heterocycles. The third-order valence-electron chi connectivity index (χ3n) is 22.8. The Balaban J connectivity index is 0.000000223. The van der Waals surface area contributed by atoms with Crippen molar-refractivity contribution in [3.8, 4) is 17.2 Å². The van der Waals surface area contributed by atoms with Gasteiger partial charge in [-0.2, -0.15) is 0 Å². The minimum Gasteiger partial charge on any atom is -0.508 e. The summed E-state index contributed by atoms with van der Waals surface area (Å²) in [4.78, 5) is 105. The van der Waals surface area contributed by atoms with Crippen LogP contribution in [0.1, 0.15) is 206 Å². The van der Waals surface area contributed by atoms with Crippen LogP contribution in [0.2, 0.25) is 20.1 Å². The number of ether oxygens (including phenoxy) is 3. The largest absolute Gasteiger partial charge is 0.508 e. The van der Waals surface area contributed by atoms with Crippen molar-refractivity contribution < 1.29 is 48.1 Å². The van der Waals surface area contributed by atoms with Crippen LogP contribution in [0, 0.1) is 41.5 Å². The Morgan fingerprint density at radius 3 is 1.68 bits per heavy atom. The van der Waals surface area contributed by atoms with Gasteiger partial charge in [0.2, 0.25) is 5.78 Å². The summed E-state index contributed by atoms with van der Waals surface area (Å²) in [5.74, 6) is -0.822. The number of hydrazine groups is 1. The van der Waals surface area contributed by atoms with Crippen LogP contribution < -0.4 is 45.2 Å². The summed E-state index contributed by atoms with van der Waals surface area (Å²) in [7, 11) is 6.09. The van der Waals surface area contributed by atoms with E-state index in [1.165, 1.54) is 69.9 Å². The molecule has 2 aliphatic carbocycles. The summed E-state index contributed by atoms with van der Waals surface area (Å²) < 4.78 is 17.5. The number of hydrogen-bond acceptors (Lipinski definition) is 17. The molecule has 1 heterocycles. The second-order valence-electron chi connectivity index (χ2n) is 32.7. The number of unbranched alkanes of at least 4 members (excludes halogenated alkanes) is 10. The Hall–Kier alpha value is -10.9. The molecule has 11 rings (SSSR count). The summed E-state index contributed by atoms with van der Waals surface area (Å²) >= 11 is 32.2. The smallest absolute Gasteiger partial charge is 0.299 e. The number of phenolic OH excluding ortho intramolecular Hbond substituents is 1. The van der Waals surface area contributed by atoms with E-state index in [4.69, 9.17) is 87.2 Å². The van der Waals surface area contributed by atoms with Gasteiger partial charge in [-0.1, -0.05) is 186 Å². The van der Waals surface area contributed by atoms with Crippen molar-refractivity contribution in [2.24, 2.45) is 20.0 Å². The summed E-state index contributed by atoms with van der Waals surface area (Å²) in [5, 5.41) is 17.7. The third-order valence-corrected chi connectivity index (χ3v) is 24.4. The molecule has 0 bridgehead atoms. The molecule has 0 saturated carbocycles. The van der Waals surface area contributed by atoms with Crippen molar-refractivity contribution in [3.63, 3.8) is 0 Å². The Bertz CT molecular complexity index is 5620. The van der Waals surface area contributed by atoms with Crippen molar-refractivity contribution in [2.75, 3.05) is 85.6 Å². The highest BCUT2D eigenvalue weighted by Crippen LogP contribution is 2.40. The number of aliphatic imine (C=N–C) groups is 4. The highest BCUT2D eigenvalue weighted by molar-refractivity contribution is 6.73. The SMILES string of the molecule is CCC1=C(Cl)C(=O)C(NC(=O)C(CC)Oc2ccc(C)cc2C)=CC1=Nc1ccc(N(C)CC)cc1C.CCCCCCCCCCCCOCCCC(=O)C1=CC(=Nc2ccc(N(C)CC)cc2C)c2c(C)cccc2C1=O.CCCCc1cc(OCC(=O)Nc2ccc(Cl)c(N=C3NN(c4c(Cl)cc(Cl)cc4Cl)C(=O)C3=Nc3ccc(N(C)CC)cc3C)c2)ccc1O. The Kier molecular flexibility index (Phi) is 39.9. The fourth-order valence-electron chi connectivity index (χ4n) is 14.8. The number of carbonyl (C=O) groups excluding carboxylic acids is 6. The topological polar surface area (TPSA) is 249 Å². The van der Waals surface area contributed by atoms with Gasteiger partial charge in [-0.3, -0.25) is 34.2 Å². The van der Waals surface area contributed by atoms with Crippen LogP contribution in [0.15, 0.2) is 194 Å². The average Bonchev–Trinajstić information content (AvgIpc) is 1.71. The second kappa shape index (κ2) is 50.5. The average molecular weight is 1870 g/mol. The van der Waals surface area contributed by atoms with E-state index in [1.54, 1.807) is 48.6 Å². The number of carbonyl (C=O) groups is 6. The van der Waals surface area contributed by atoms with E-state index in [0.29, 0.717) is 89.2 Å². The summed E-state index contributed by atoms with van der Waals surface area (Å²) in [5.41, 5.74) is 19.4. The number of hydrogen-bond donors (Lipinski definition) is 4. The Labute approximate surface area is 792 Å². The number of amidine groups is 1. The molecule has 130 heavy (non-hydrogen) atoms. The summed E-state index contributed by atoms with van der Waals surface area (Å²) in [6, 6.07) is 42.0. The molecule has 21 nitrogen and oxygen atoms in total. The van der Waals surface area contributed by atoms with Gasteiger partial charge in [0.1, 0.15) is 22.9 Å². The predicted octanol–water partition coefficient (Wildman–Crippen LogP) is 25.3. The fraction of sp³-hybridized carbons (Fsp3) is 0.385. The number of amides is 3. The molecule has 8 aromatic rings. The Morgan fingerprint density at radius 1 is 0.538 bits per heavy atom. The first-order chi connectivity index (χ1) is 62.3. The number of fused-ring (bicyclic) bond motifs is 1. The number of benzene rings is 8. The van der Waals surface area contributed by atoms with Crippen LogP contribution in [0.5, 0.6) is 17.2 Å². The van der Waals surface area contributed by atoms with Gasteiger partial charge in [-0.15, -0.1) is 0 Å². The van der Waals surface area contributed by atoms with Crippen LogP contribution in [0.3, 0.4) is 0 Å². The molecule has 1 saturated heterocycles. The summed E-state index contributed by atoms with van der Waals surface area (Å²) in [6.45, 7) is 29.9. The van der Waals surface area contributed by atoms with E-state index in [1.807, 2.05) is 142 Å². The lowest BCUT2D eigenvalue weighted by Crippen LogP contribution is -2.40. The van der Waals surface area contributed by atoms with Crippen molar-refractivity contribution in [1.82, 2.24) is 10.7 Å². The number of nitrogens with one attached hydrogen (secondary N) is 3. The molecule has 4 N–H and O–H groups in total. The van der Waals surface area contributed by atoms with E-state index >= 15 is 0 Å². The zero-order valence-electron chi connectivity index (χ0n) is 77.9. The molecule has 0 radical (unpaired) electrons. The van der Waals surface area contributed by atoms with Gasteiger partial charge in [0.15, 0.2) is 35.8 Å². The van der Waals surface area contributed by atoms with Crippen LogP contribution in [-0.2, 0) is 35.1 Å². The Morgan fingerprint density at radius 2 is 1.12 bits per heavy atom. The first kappa shape index (κ1) is 103. The minimum absolute atomic E-state index is 0.0251. The lowest BCUT2D eigenvalue weighted by atomic mass is 9.84. The molecule has 1 fully saturated rings. The number of Topliss-reactive ketones (excluding diaryl/α,β-unsaturated/α-hetero) is 3. The molecule has 0 aromatic heterocycles. The van der Waals surface area contributed by atoms with Gasteiger partial charge in [-0.25, -0.2) is 25.0 Å². The van der Waals surface area contributed by atoms with E-state index < -0.39 is 29.6 Å². The number of aryl methyl sites for hydroxylation is 7. The number of aromatic hydroxyl groups is 1. The van der Waals surface area contributed by atoms with Crippen LogP contribution in [0.4, 0.5) is 51.2 Å². The maximum atomic E-state index is 14.0. The van der Waals surface area contributed by atoms with E-state index in [0.717, 1.165) is 123 Å². The number of nitrogens with zero attached hydrogens (tertiary/aromatic N) is 8. The lowest BCUT2D eigenvalue weighted by molar-refractivity contribution is -0.128. The molecule has 3 amide bonds. The second-order valence-corrected chi connectivity index (χ2v) is 34.8. The standard InChI is InChI=1S/C37H36Cl4N6O4.C37H52N2O3.C30H36ClN3O3/c1-5-7-8-22-16-26(11-14-32(22)48)51-20-33(49)42-24-9-12-27(39)31(19-24)44-36-34(43-30-13-10-25(15-21(30)3)46(4)6-2)37(50)47(45-36)35-28(40)17-23(38)18-29(35)41;1-6-8-9-10-11-12-13-14-15-16-24-42-25-18-21-35(40)32-27-34(36-28(3)19-17-20-31(36)37(32)41)38-33-23-22-30(26-29(33)4)39(5)7-2;1-8-22-24(32-23-13-12-21(16-19(23)5)34(7)10-3)17-25(29(35)28(22)31)33-30(36)26(9-2)37-27-14-11-18(4)15-20(27)6/h9-19,48H,5-8,20H2,1-4H3,(H,42,49)(H,44,45);17,19-20,22-23,26-27H,6-16,18,21,24-25H2,1-5H3;11-17,26H,8-10H2,1-7H3,(H,33,36). The van der Waals surface area contributed by atoms with Crippen molar-refractivity contribution in [2.45, 2.75) is 205 Å². The number of phenols is 1. The number of rotatable bonds is 40. The maximum Gasteiger partial charge on any atom is 0.299 e. The first-order valence-electron chi connectivity index (χ1n) is 45.1. The lowest BCUT2D eigenvalue weighted by Gasteiger charge is -2.22. The minimum atomic E-state index is -0.767. The zero-order chi connectivity index (χ0) is 94.4. The van der Waals surface area contributed by atoms with Gasteiger partial charge >= 0.3 is 0 Å². The number of anilines is 5. The first-order valence-corrected chi connectivity index (χ1v) is 47.0. The quantitative estimate of drug-likeness (QED) is 0.0158. The van der Waals surface area contributed by atoms with Gasteiger partial charge in [0, 0.05) is 105 Å². The molecule has 0 spiro atoms. The number of ketones is 3. The molecule has 1 unspecified atom stereocenters. The maximum absolute atomic E-state index is 14.0. The summed E-state index contributed by atoms with van der Waals surface area (Å²) in [6.07, 6.45) is 20.0. The van der Waals surface area contributed by atoms with Gasteiger partial charge in [0.25, 0.3) is 17.7 Å². The molecule has 26 heteroatoms. The monoisotopic (exact) mass is 1860 g/mol. The molecule has 3 aliphatic rings. The third kappa shape index (κ3) is 28.3. The van der Waals surface area contributed by atoms with E-state index in [-0.39, 0.29) is 78.2 Å². The van der Waals surface area contributed by atoms with Gasteiger partial charge in [0.05, 0.1) is 65.5 Å². The number of halogens is 5. The molecule has 690 valence electrons. The van der Waals surface area contributed by atoms with Gasteiger partial charge in [-0.05, 0) is 256 Å². The van der Waals surface area contributed by atoms with Crippen LogP contribution in [-0.4, -0.2) is 130 Å². The van der Waals surface area contributed by atoms with E-state index in [2.05, 4.69) is 95.6 Å². The highest BCUT2D eigenvalue weighted by Gasteiger charge is 2.38. The molecular weight excluding hydrogens is 1740 g/mol. The van der Waals surface area contributed by atoms with Crippen molar-refractivity contribution in [3.05, 3.63) is 244 Å². The van der Waals surface area contributed by atoms with Crippen LogP contribution >= 0.6 is 58.0 Å². The highest BCUT2D eigenvalue weighted by atomic mass is 35.5. The van der Waals surface area contributed by atoms with Gasteiger partial charge < -0.3 is 44.7 Å². The van der Waals surface area contributed by atoms with E-state index in [9.17, 15) is 33.9 Å². The number of allylic oxidation sites excluding steroid dienone is 5. The van der Waals surface area contributed by atoms with Crippen LogP contribution in [0.25, 0.3) is 0 Å². The van der Waals surface area contributed by atoms with Crippen molar-refractivity contribution in [1.29, 1.82) is 0 Å². The molecule has 8 aromatic carbocycles. The molecule has 1 atom stereocenters. The predicted molar refractivity (Wildman–Crippen MR) is 538 cm³/mol. The molecular formula is C104H124Cl5N11O10. The fourth-order valence-corrected chi connectivity index (χ4v) is 16.3. The zero-order valence-corrected chi connectivity index (χ0v) is 81.6. The normalized spacial score (nSPS) is 14.5. The van der Waals surface area contributed by atoms with Crippen molar-refractivity contribution >= 4 is 167 Å².